The van der Waals surface area contributed by atoms with E-state index in [1.807, 2.05) is 42.5 Å². The topological polar surface area (TPSA) is 18.5 Å². The predicted octanol–water partition coefficient (Wildman–Crippen LogP) is 4.79. The summed E-state index contributed by atoms with van der Waals surface area (Å²) >= 11 is 9.99. The summed E-state index contributed by atoms with van der Waals surface area (Å²) in [5.41, 5.74) is 1.84. The van der Waals surface area contributed by atoms with Crippen LogP contribution in [0.2, 0.25) is 0 Å². The number of rotatable bonds is 4. The van der Waals surface area contributed by atoms with Crippen molar-refractivity contribution in [3.8, 4) is 11.5 Å². The van der Waals surface area contributed by atoms with Gasteiger partial charge in [0, 0.05) is 4.47 Å². The monoisotopic (exact) mass is 340 g/mol. The number of hydrogen-bond donors (Lipinski definition) is 0. The van der Waals surface area contributed by atoms with Gasteiger partial charge in [-0.1, -0.05) is 34.1 Å². The molecule has 0 saturated carbocycles. The summed E-state index contributed by atoms with van der Waals surface area (Å²) in [4.78, 5) is 0. The Bertz CT molecular complexity index is 532. The lowest BCUT2D eigenvalue weighted by Crippen LogP contribution is -2.00. The Hall–Kier alpha value is -1.19. The molecule has 0 radical (unpaired) electrons. The van der Waals surface area contributed by atoms with Crippen molar-refractivity contribution in [2.24, 2.45) is 0 Å². The highest BCUT2D eigenvalue weighted by Crippen LogP contribution is 2.41. The molecule has 0 aromatic heterocycles. The molecule has 0 fully saturated rings. The molecule has 2 rings (SSSR count). The van der Waals surface area contributed by atoms with Crippen molar-refractivity contribution >= 4 is 27.5 Å². The van der Waals surface area contributed by atoms with E-state index in [0.29, 0.717) is 0 Å². The lowest BCUT2D eigenvalue weighted by molar-refractivity contribution is 0.386. The van der Waals surface area contributed by atoms with Crippen molar-refractivity contribution in [3.05, 3.63) is 58.1 Å². The van der Waals surface area contributed by atoms with E-state index < -0.39 is 0 Å². The van der Waals surface area contributed by atoms with Crippen LogP contribution in [0, 0.1) is 0 Å². The summed E-state index contributed by atoms with van der Waals surface area (Å²) in [6, 6.07) is 13.5. The third-order valence-corrected chi connectivity index (χ3v) is 3.88. The van der Waals surface area contributed by atoms with Gasteiger partial charge in [0.05, 0.1) is 25.2 Å². The Morgan fingerprint density at radius 3 is 1.95 bits per heavy atom. The maximum atomic E-state index is 6.58. The highest BCUT2D eigenvalue weighted by molar-refractivity contribution is 9.10. The molecule has 0 bridgehead atoms. The lowest BCUT2D eigenvalue weighted by atomic mass is 10.0. The Balaban J connectivity index is 2.47. The van der Waals surface area contributed by atoms with Crippen LogP contribution in [0.15, 0.2) is 46.9 Å². The molecule has 0 saturated heterocycles. The van der Waals surface area contributed by atoms with Crippen molar-refractivity contribution < 1.29 is 9.47 Å². The fourth-order valence-corrected chi connectivity index (χ4v) is 2.55. The van der Waals surface area contributed by atoms with Gasteiger partial charge < -0.3 is 9.47 Å². The Kier molecular flexibility index (Phi) is 4.72. The third-order valence-electron chi connectivity index (χ3n) is 2.88. The summed E-state index contributed by atoms with van der Waals surface area (Å²) < 4.78 is 11.8. The number of alkyl halides is 1. The number of halogens is 2. The van der Waals surface area contributed by atoms with Crippen molar-refractivity contribution in [3.63, 3.8) is 0 Å². The molecule has 0 N–H and O–H groups in total. The molecular formula is C15H14BrClO2. The maximum Gasteiger partial charge on any atom is 0.127 e. The molecule has 4 heteroatoms. The first kappa shape index (κ1) is 14.2. The van der Waals surface area contributed by atoms with Crippen molar-refractivity contribution in [2.45, 2.75) is 5.38 Å². The first-order valence-electron chi connectivity index (χ1n) is 5.77. The molecule has 2 aromatic rings. The Morgan fingerprint density at radius 2 is 1.47 bits per heavy atom. The molecule has 0 aliphatic carbocycles. The van der Waals surface area contributed by atoms with E-state index in [-0.39, 0.29) is 5.38 Å². The van der Waals surface area contributed by atoms with Gasteiger partial charge >= 0.3 is 0 Å². The first-order chi connectivity index (χ1) is 9.17. The van der Waals surface area contributed by atoms with Crippen LogP contribution >= 0.6 is 27.5 Å². The van der Waals surface area contributed by atoms with E-state index in [1.165, 1.54) is 0 Å². The highest BCUT2D eigenvalue weighted by atomic mass is 79.9. The number of ether oxygens (including phenoxy) is 2. The van der Waals surface area contributed by atoms with Gasteiger partial charge in [-0.3, -0.25) is 0 Å². The Morgan fingerprint density at radius 1 is 0.947 bits per heavy atom. The normalized spacial score (nSPS) is 12.0. The van der Waals surface area contributed by atoms with Gasteiger partial charge in [-0.05, 0) is 29.8 Å². The van der Waals surface area contributed by atoms with Crippen LogP contribution in [0.5, 0.6) is 11.5 Å². The number of methoxy groups -OCH3 is 2. The van der Waals surface area contributed by atoms with Gasteiger partial charge in [0.15, 0.2) is 0 Å². The summed E-state index contributed by atoms with van der Waals surface area (Å²) in [6.07, 6.45) is 0. The van der Waals surface area contributed by atoms with Crippen LogP contribution in [0.4, 0.5) is 0 Å². The van der Waals surface area contributed by atoms with Gasteiger partial charge in [-0.2, -0.15) is 0 Å². The maximum absolute atomic E-state index is 6.58. The number of hydrogen-bond acceptors (Lipinski definition) is 2. The largest absolute Gasteiger partial charge is 0.496 e. The van der Waals surface area contributed by atoms with E-state index in [4.69, 9.17) is 21.1 Å². The minimum atomic E-state index is -0.320. The fourth-order valence-electron chi connectivity index (χ4n) is 1.93. The van der Waals surface area contributed by atoms with Crippen molar-refractivity contribution in [1.29, 1.82) is 0 Å². The molecule has 1 unspecified atom stereocenters. The van der Waals surface area contributed by atoms with E-state index in [1.54, 1.807) is 14.2 Å². The van der Waals surface area contributed by atoms with Gasteiger partial charge in [0.25, 0.3) is 0 Å². The van der Waals surface area contributed by atoms with Gasteiger partial charge in [0.1, 0.15) is 11.5 Å². The van der Waals surface area contributed by atoms with Gasteiger partial charge in [0.2, 0.25) is 0 Å². The summed E-state index contributed by atoms with van der Waals surface area (Å²) in [7, 11) is 3.26. The molecule has 0 aliphatic rings. The minimum Gasteiger partial charge on any atom is -0.496 e. The molecule has 0 spiro atoms. The van der Waals surface area contributed by atoms with Crippen LogP contribution in [0.1, 0.15) is 16.5 Å². The van der Waals surface area contributed by atoms with Gasteiger partial charge in [-0.15, -0.1) is 11.6 Å². The van der Waals surface area contributed by atoms with Crippen LogP contribution in [-0.4, -0.2) is 14.2 Å². The van der Waals surface area contributed by atoms with Crippen molar-refractivity contribution in [1.82, 2.24) is 0 Å². The second-order valence-corrected chi connectivity index (χ2v) is 5.34. The minimum absolute atomic E-state index is 0.320. The second kappa shape index (κ2) is 6.31. The molecule has 0 heterocycles. The average molecular weight is 342 g/mol. The quantitative estimate of drug-likeness (QED) is 0.744. The average Bonchev–Trinajstić information content (AvgIpc) is 2.46. The summed E-state index contributed by atoms with van der Waals surface area (Å²) in [5.74, 6) is 1.45. The zero-order valence-corrected chi connectivity index (χ0v) is 13.0. The SMILES string of the molecule is COc1cccc(OC)c1C(Cl)c1ccc(Br)cc1. The van der Waals surface area contributed by atoms with Crippen LogP contribution in [0.25, 0.3) is 0 Å². The molecule has 1 atom stereocenters. The zero-order chi connectivity index (χ0) is 13.8. The van der Waals surface area contributed by atoms with Crippen LogP contribution in [-0.2, 0) is 0 Å². The molecular weight excluding hydrogens is 328 g/mol. The molecule has 100 valence electrons. The number of benzene rings is 2. The van der Waals surface area contributed by atoms with E-state index in [9.17, 15) is 0 Å². The van der Waals surface area contributed by atoms with E-state index in [2.05, 4.69) is 15.9 Å². The predicted molar refractivity (Wildman–Crippen MR) is 81.4 cm³/mol. The summed E-state index contributed by atoms with van der Waals surface area (Å²) in [6.45, 7) is 0. The van der Waals surface area contributed by atoms with E-state index >= 15 is 0 Å². The first-order valence-corrected chi connectivity index (χ1v) is 7.00. The second-order valence-electron chi connectivity index (χ2n) is 3.99. The highest BCUT2D eigenvalue weighted by Gasteiger charge is 2.20. The fraction of sp³-hybridized carbons (Fsp3) is 0.200. The standard InChI is InChI=1S/C15H14BrClO2/c1-18-12-4-3-5-13(19-2)14(12)15(17)10-6-8-11(16)9-7-10/h3-9,15H,1-2H3. The third kappa shape index (κ3) is 3.04. The molecule has 0 amide bonds. The van der Waals surface area contributed by atoms with Crippen LogP contribution in [0.3, 0.4) is 0 Å². The zero-order valence-electron chi connectivity index (χ0n) is 10.7. The molecule has 2 nitrogen and oxygen atoms in total. The van der Waals surface area contributed by atoms with Crippen LogP contribution < -0.4 is 9.47 Å². The van der Waals surface area contributed by atoms with E-state index in [0.717, 1.165) is 27.1 Å². The summed E-state index contributed by atoms with van der Waals surface area (Å²) in [5, 5.41) is -0.320. The van der Waals surface area contributed by atoms with Crippen molar-refractivity contribution in [2.75, 3.05) is 14.2 Å². The lowest BCUT2D eigenvalue weighted by Gasteiger charge is -2.17. The van der Waals surface area contributed by atoms with Gasteiger partial charge in [-0.25, -0.2) is 0 Å². The Labute approximate surface area is 126 Å². The molecule has 0 aliphatic heterocycles. The molecule has 19 heavy (non-hydrogen) atoms. The smallest absolute Gasteiger partial charge is 0.127 e. The molecule has 2 aromatic carbocycles.